The molecule has 4 atom stereocenters. The van der Waals surface area contributed by atoms with Gasteiger partial charge in [-0.2, -0.15) is 0 Å². The molecule has 1 aromatic rings. The lowest BCUT2D eigenvalue weighted by atomic mass is 9.72. The van der Waals surface area contributed by atoms with Crippen molar-refractivity contribution in [2.75, 3.05) is 33.4 Å². The summed E-state index contributed by atoms with van der Waals surface area (Å²) in [7, 11) is 1.59. The number of rotatable bonds is 5. The highest BCUT2D eigenvalue weighted by atomic mass is 16.6. The van der Waals surface area contributed by atoms with Gasteiger partial charge in [0.1, 0.15) is 6.10 Å². The number of aliphatic hydroxyl groups excluding tert-OH is 1. The van der Waals surface area contributed by atoms with Crippen LogP contribution in [0.3, 0.4) is 0 Å². The van der Waals surface area contributed by atoms with E-state index in [9.17, 15) is 15.0 Å². The molecule has 1 unspecified atom stereocenters. The fourth-order valence-electron chi connectivity index (χ4n) is 3.86. The number of methoxy groups -OCH3 is 1. The van der Waals surface area contributed by atoms with E-state index in [1.54, 1.807) is 14.0 Å². The third-order valence-corrected chi connectivity index (χ3v) is 5.73. The van der Waals surface area contributed by atoms with E-state index in [1.165, 1.54) is 4.90 Å². The zero-order chi connectivity index (χ0) is 18.9. The highest BCUT2D eigenvalue weighted by Crippen LogP contribution is 2.47. The van der Waals surface area contributed by atoms with Crippen molar-refractivity contribution in [3.05, 3.63) is 23.8 Å². The first-order valence-corrected chi connectivity index (χ1v) is 8.93. The molecule has 144 valence electrons. The number of hydrogen-bond acceptors (Lipinski definition) is 5. The van der Waals surface area contributed by atoms with E-state index in [1.807, 2.05) is 25.1 Å². The van der Waals surface area contributed by atoms with Gasteiger partial charge in [0.2, 0.25) is 0 Å². The number of likely N-dealkylation sites (tertiary alicyclic amines) is 1. The Balaban J connectivity index is 1.92. The molecule has 1 aromatic carbocycles. The van der Waals surface area contributed by atoms with Crippen LogP contribution in [-0.4, -0.2) is 66.8 Å². The fraction of sp³-hybridized carbons (Fsp3) is 0.632. The summed E-state index contributed by atoms with van der Waals surface area (Å²) in [5, 5.41) is 19.8. The Morgan fingerprint density at radius 2 is 2.19 bits per heavy atom. The Morgan fingerprint density at radius 1 is 1.42 bits per heavy atom. The number of aliphatic hydroxyl groups is 1. The lowest BCUT2D eigenvalue weighted by Gasteiger charge is -2.33. The van der Waals surface area contributed by atoms with Crippen molar-refractivity contribution < 1.29 is 29.2 Å². The van der Waals surface area contributed by atoms with Gasteiger partial charge in [-0.15, -0.1) is 0 Å². The van der Waals surface area contributed by atoms with Gasteiger partial charge in [-0.1, -0.05) is 13.0 Å². The molecule has 2 aliphatic heterocycles. The minimum absolute atomic E-state index is 0.0126. The third kappa shape index (κ3) is 3.46. The molecule has 0 aliphatic carbocycles. The van der Waals surface area contributed by atoms with E-state index in [0.29, 0.717) is 37.8 Å². The van der Waals surface area contributed by atoms with Crippen LogP contribution >= 0.6 is 0 Å². The number of carboxylic acid groups (broad SMARTS) is 1. The van der Waals surface area contributed by atoms with E-state index >= 15 is 0 Å². The van der Waals surface area contributed by atoms with Crippen LogP contribution in [0.1, 0.15) is 31.7 Å². The molecule has 0 saturated carbocycles. The SMILES string of the molecule is COc1ccc(C2CN(C(=O)O)C[C@]2(C)[C@@H](C)O)cc1O[C@@H]1CCOC1. The summed E-state index contributed by atoms with van der Waals surface area (Å²) in [6.45, 7) is 5.52. The van der Waals surface area contributed by atoms with E-state index in [-0.39, 0.29) is 12.0 Å². The Kier molecular flexibility index (Phi) is 5.29. The summed E-state index contributed by atoms with van der Waals surface area (Å²) < 4.78 is 16.8. The maximum atomic E-state index is 11.5. The van der Waals surface area contributed by atoms with Gasteiger partial charge >= 0.3 is 6.09 Å². The van der Waals surface area contributed by atoms with Crippen LogP contribution in [-0.2, 0) is 4.74 Å². The topological polar surface area (TPSA) is 88.5 Å². The van der Waals surface area contributed by atoms with Crippen LogP contribution in [0.15, 0.2) is 18.2 Å². The van der Waals surface area contributed by atoms with Crippen molar-refractivity contribution in [1.82, 2.24) is 4.90 Å². The Bertz CT molecular complexity index is 657. The molecule has 7 heteroatoms. The fourth-order valence-corrected chi connectivity index (χ4v) is 3.86. The van der Waals surface area contributed by atoms with Crippen LogP contribution in [0.4, 0.5) is 4.79 Å². The Labute approximate surface area is 153 Å². The molecule has 2 aliphatic rings. The molecule has 2 fully saturated rings. The van der Waals surface area contributed by atoms with Gasteiger partial charge in [0, 0.05) is 30.8 Å². The second-order valence-corrected chi connectivity index (χ2v) is 7.41. The molecule has 2 saturated heterocycles. The molecule has 0 bridgehead atoms. The van der Waals surface area contributed by atoms with E-state index in [4.69, 9.17) is 14.2 Å². The number of benzene rings is 1. The summed E-state index contributed by atoms with van der Waals surface area (Å²) >= 11 is 0. The summed E-state index contributed by atoms with van der Waals surface area (Å²) in [5.41, 5.74) is 0.368. The lowest BCUT2D eigenvalue weighted by Crippen LogP contribution is -2.37. The van der Waals surface area contributed by atoms with Crippen molar-refractivity contribution in [3.8, 4) is 11.5 Å². The quantitative estimate of drug-likeness (QED) is 0.833. The van der Waals surface area contributed by atoms with Gasteiger partial charge in [0.25, 0.3) is 0 Å². The van der Waals surface area contributed by atoms with Gasteiger partial charge in [0.05, 0.1) is 26.4 Å². The second kappa shape index (κ2) is 7.32. The zero-order valence-electron chi connectivity index (χ0n) is 15.5. The second-order valence-electron chi connectivity index (χ2n) is 7.41. The molecule has 2 heterocycles. The molecule has 0 radical (unpaired) electrons. The normalized spacial score (nSPS) is 29.6. The first-order chi connectivity index (χ1) is 12.3. The predicted molar refractivity (Wildman–Crippen MR) is 95.0 cm³/mol. The van der Waals surface area contributed by atoms with Crippen molar-refractivity contribution in [1.29, 1.82) is 0 Å². The molecule has 0 spiro atoms. The largest absolute Gasteiger partial charge is 0.493 e. The van der Waals surface area contributed by atoms with E-state index in [2.05, 4.69) is 0 Å². The van der Waals surface area contributed by atoms with Crippen LogP contribution < -0.4 is 9.47 Å². The maximum absolute atomic E-state index is 11.5. The first-order valence-electron chi connectivity index (χ1n) is 8.93. The van der Waals surface area contributed by atoms with Crippen molar-refractivity contribution in [2.45, 2.75) is 38.4 Å². The number of nitrogens with zero attached hydrogens (tertiary/aromatic N) is 1. The summed E-state index contributed by atoms with van der Waals surface area (Å²) in [6, 6.07) is 5.67. The number of hydrogen-bond donors (Lipinski definition) is 2. The first kappa shape index (κ1) is 18.8. The smallest absolute Gasteiger partial charge is 0.407 e. The van der Waals surface area contributed by atoms with Crippen LogP contribution in [0.2, 0.25) is 0 Å². The molecule has 1 amide bonds. The monoisotopic (exact) mass is 365 g/mol. The maximum Gasteiger partial charge on any atom is 0.407 e. The Morgan fingerprint density at radius 3 is 2.77 bits per heavy atom. The lowest BCUT2D eigenvalue weighted by molar-refractivity contribution is 0.0480. The third-order valence-electron chi connectivity index (χ3n) is 5.73. The minimum Gasteiger partial charge on any atom is -0.493 e. The Hall–Kier alpha value is -1.99. The van der Waals surface area contributed by atoms with Crippen LogP contribution in [0.25, 0.3) is 0 Å². The molecule has 7 nitrogen and oxygen atoms in total. The molecule has 0 aromatic heterocycles. The average Bonchev–Trinajstić information content (AvgIpc) is 3.23. The number of ether oxygens (including phenoxy) is 3. The zero-order valence-corrected chi connectivity index (χ0v) is 15.5. The number of carbonyl (C=O) groups is 1. The highest BCUT2D eigenvalue weighted by molar-refractivity contribution is 5.66. The molecule has 2 N–H and O–H groups in total. The average molecular weight is 365 g/mol. The highest BCUT2D eigenvalue weighted by Gasteiger charge is 2.48. The van der Waals surface area contributed by atoms with Gasteiger partial charge < -0.3 is 29.3 Å². The summed E-state index contributed by atoms with van der Waals surface area (Å²) in [5.74, 6) is 1.13. The van der Waals surface area contributed by atoms with E-state index < -0.39 is 17.6 Å². The molecular weight excluding hydrogens is 338 g/mol. The molecule has 3 rings (SSSR count). The van der Waals surface area contributed by atoms with Gasteiger partial charge in [-0.05, 0) is 24.6 Å². The molecule has 26 heavy (non-hydrogen) atoms. The van der Waals surface area contributed by atoms with Gasteiger partial charge in [-0.25, -0.2) is 4.79 Å². The predicted octanol–water partition coefficient (Wildman–Crippen LogP) is 2.33. The van der Waals surface area contributed by atoms with Crippen molar-refractivity contribution in [2.24, 2.45) is 5.41 Å². The van der Waals surface area contributed by atoms with Crippen molar-refractivity contribution in [3.63, 3.8) is 0 Å². The standard InChI is InChI=1S/C19H27NO6/c1-12(21)19(2)11-20(18(22)23)9-15(19)13-4-5-16(24-3)17(8-13)26-14-6-7-25-10-14/h4-5,8,12,14-15,21H,6-7,9-11H2,1-3H3,(H,22,23)/t12-,14-,15?,19-/m1/s1. The van der Waals surface area contributed by atoms with Gasteiger partial charge in [0.15, 0.2) is 11.5 Å². The van der Waals surface area contributed by atoms with Crippen molar-refractivity contribution >= 4 is 6.09 Å². The van der Waals surface area contributed by atoms with E-state index in [0.717, 1.165) is 12.0 Å². The number of amides is 1. The van der Waals surface area contributed by atoms with Crippen LogP contribution in [0.5, 0.6) is 11.5 Å². The minimum atomic E-state index is -0.965. The summed E-state index contributed by atoms with van der Waals surface area (Å²) in [6.07, 6.45) is -0.796. The summed E-state index contributed by atoms with van der Waals surface area (Å²) in [4.78, 5) is 12.8. The van der Waals surface area contributed by atoms with Crippen LogP contribution in [0, 0.1) is 5.41 Å². The van der Waals surface area contributed by atoms with Gasteiger partial charge in [-0.3, -0.25) is 0 Å². The molecular formula is C19H27NO6.